The second kappa shape index (κ2) is 6.11. The highest BCUT2D eigenvalue weighted by Crippen LogP contribution is 2.29. The second-order valence-corrected chi connectivity index (χ2v) is 6.40. The summed E-state index contributed by atoms with van der Waals surface area (Å²) in [5, 5.41) is 6.64. The molecule has 0 spiro atoms. The number of hydrogen-bond acceptors (Lipinski definition) is 4. The maximum Gasteiger partial charge on any atom is 0.113 e. The van der Waals surface area contributed by atoms with E-state index in [4.69, 9.17) is 9.97 Å². The van der Waals surface area contributed by atoms with Crippen LogP contribution in [0.5, 0.6) is 0 Å². The summed E-state index contributed by atoms with van der Waals surface area (Å²) in [7, 11) is 1.93. The first-order valence-corrected chi connectivity index (χ1v) is 8.58. The van der Waals surface area contributed by atoms with Gasteiger partial charge in [-0.1, -0.05) is 6.07 Å². The zero-order valence-electron chi connectivity index (χ0n) is 14.2. The van der Waals surface area contributed by atoms with Gasteiger partial charge >= 0.3 is 0 Å². The fourth-order valence-corrected chi connectivity index (χ4v) is 3.30. The Kier molecular flexibility index (Phi) is 3.81. The highest BCUT2D eigenvalue weighted by molar-refractivity contribution is 5.92. The van der Waals surface area contributed by atoms with Crippen LogP contribution in [0.4, 0.5) is 17.1 Å². The monoisotopic (exact) mass is 318 g/mol. The van der Waals surface area contributed by atoms with Gasteiger partial charge in [0.2, 0.25) is 0 Å². The molecule has 3 aromatic rings. The van der Waals surface area contributed by atoms with E-state index in [0.717, 1.165) is 40.9 Å². The van der Waals surface area contributed by atoms with Gasteiger partial charge in [-0.2, -0.15) is 0 Å². The smallest absolute Gasteiger partial charge is 0.113 e. The first kappa shape index (κ1) is 14.9. The van der Waals surface area contributed by atoms with Crippen molar-refractivity contribution < 1.29 is 0 Å². The van der Waals surface area contributed by atoms with Gasteiger partial charge in [-0.05, 0) is 68.5 Å². The van der Waals surface area contributed by atoms with Gasteiger partial charge in [0.1, 0.15) is 5.52 Å². The van der Waals surface area contributed by atoms with E-state index in [1.54, 1.807) is 0 Å². The van der Waals surface area contributed by atoms with E-state index in [1.165, 1.54) is 29.8 Å². The van der Waals surface area contributed by atoms with E-state index in [0.29, 0.717) is 0 Å². The van der Waals surface area contributed by atoms with Crippen LogP contribution in [0.25, 0.3) is 11.0 Å². The predicted molar refractivity (Wildman–Crippen MR) is 100 cm³/mol. The quantitative estimate of drug-likeness (QED) is 0.741. The van der Waals surface area contributed by atoms with Crippen molar-refractivity contribution in [3.8, 4) is 0 Å². The Labute approximate surface area is 142 Å². The first-order chi connectivity index (χ1) is 11.7. The Morgan fingerprint density at radius 1 is 0.792 bits per heavy atom. The summed E-state index contributed by atoms with van der Waals surface area (Å²) in [4.78, 5) is 9.90. The number of nitrogens with one attached hydrogen (secondary N) is 2. The molecule has 0 saturated carbocycles. The average Bonchev–Trinajstić information content (AvgIpc) is 2.63. The molecule has 24 heavy (non-hydrogen) atoms. The molecular formula is C20H22N4. The zero-order chi connectivity index (χ0) is 16.5. The Bertz CT molecular complexity index is 884. The summed E-state index contributed by atoms with van der Waals surface area (Å²) < 4.78 is 0. The molecular weight excluding hydrogens is 296 g/mol. The van der Waals surface area contributed by atoms with Gasteiger partial charge in [0.05, 0.1) is 22.6 Å². The number of aryl methyl sites for hydroxylation is 3. The van der Waals surface area contributed by atoms with Crippen LogP contribution in [-0.4, -0.2) is 17.0 Å². The van der Waals surface area contributed by atoms with Gasteiger partial charge in [-0.15, -0.1) is 0 Å². The van der Waals surface area contributed by atoms with E-state index in [1.807, 2.05) is 7.05 Å². The molecule has 1 aromatic heterocycles. The molecule has 1 aliphatic carbocycles. The molecule has 0 amide bonds. The van der Waals surface area contributed by atoms with Crippen LogP contribution in [-0.2, 0) is 12.8 Å². The number of benzene rings is 2. The number of rotatable bonds is 3. The largest absolute Gasteiger partial charge is 0.388 e. The highest BCUT2D eigenvalue weighted by atomic mass is 14.9. The Morgan fingerprint density at radius 2 is 1.42 bits per heavy atom. The van der Waals surface area contributed by atoms with Crippen molar-refractivity contribution >= 4 is 28.1 Å². The summed E-state index contributed by atoms with van der Waals surface area (Å²) in [6.45, 7) is 2.11. The molecule has 1 aliphatic rings. The molecule has 0 aliphatic heterocycles. The fraction of sp³-hybridized carbons (Fsp3) is 0.300. The van der Waals surface area contributed by atoms with Crippen molar-refractivity contribution in [2.24, 2.45) is 0 Å². The standard InChI is InChI=1S/C20H22N4/c1-13-7-12-18(22-15-10-8-14(21-2)9-11-15)20-19(13)23-16-5-3-4-6-17(16)24-20/h7-12,21-22H,3-6H2,1-2H3. The number of aromatic nitrogens is 2. The Hall–Kier alpha value is -2.62. The molecule has 4 nitrogen and oxygen atoms in total. The van der Waals surface area contributed by atoms with Gasteiger partial charge in [0.25, 0.3) is 0 Å². The van der Waals surface area contributed by atoms with E-state index >= 15 is 0 Å². The molecule has 4 rings (SSSR count). The zero-order valence-corrected chi connectivity index (χ0v) is 14.2. The molecule has 2 N–H and O–H groups in total. The van der Waals surface area contributed by atoms with Crippen LogP contribution in [0, 0.1) is 6.92 Å². The van der Waals surface area contributed by atoms with E-state index < -0.39 is 0 Å². The molecule has 122 valence electrons. The van der Waals surface area contributed by atoms with Crippen molar-refractivity contribution in [1.82, 2.24) is 9.97 Å². The molecule has 0 saturated heterocycles. The molecule has 1 heterocycles. The van der Waals surface area contributed by atoms with Gasteiger partial charge < -0.3 is 10.6 Å². The summed E-state index contributed by atoms with van der Waals surface area (Å²) in [6.07, 6.45) is 4.54. The van der Waals surface area contributed by atoms with Crippen molar-refractivity contribution in [3.63, 3.8) is 0 Å². The lowest BCUT2D eigenvalue weighted by molar-refractivity contribution is 0.655. The minimum atomic E-state index is 0.980. The molecule has 0 unspecified atom stereocenters. The Balaban J connectivity index is 1.78. The lowest BCUT2D eigenvalue weighted by Crippen LogP contribution is -2.09. The molecule has 0 atom stereocenters. The van der Waals surface area contributed by atoms with Gasteiger partial charge in [0, 0.05) is 18.4 Å². The summed E-state index contributed by atoms with van der Waals surface area (Å²) in [5.74, 6) is 0. The maximum absolute atomic E-state index is 4.97. The van der Waals surface area contributed by atoms with Crippen LogP contribution in [0.15, 0.2) is 36.4 Å². The van der Waals surface area contributed by atoms with E-state index in [9.17, 15) is 0 Å². The van der Waals surface area contributed by atoms with Gasteiger partial charge in [-0.3, -0.25) is 0 Å². The van der Waals surface area contributed by atoms with Gasteiger partial charge in [0.15, 0.2) is 0 Å². The predicted octanol–water partition coefficient (Wildman–Crippen LogP) is 4.60. The highest BCUT2D eigenvalue weighted by Gasteiger charge is 2.16. The normalized spacial score (nSPS) is 13.6. The van der Waals surface area contributed by atoms with Crippen LogP contribution < -0.4 is 10.6 Å². The van der Waals surface area contributed by atoms with Crippen LogP contribution in [0.2, 0.25) is 0 Å². The third kappa shape index (κ3) is 2.68. The molecule has 2 aromatic carbocycles. The molecule has 0 fully saturated rings. The number of hydrogen-bond donors (Lipinski definition) is 2. The lowest BCUT2D eigenvalue weighted by Gasteiger charge is -2.17. The van der Waals surface area contributed by atoms with E-state index in [2.05, 4.69) is 54.0 Å². The van der Waals surface area contributed by atoms with Crippen LogP contribution in [0.3, 0.4) is 0 Å². The number of nitrogens with zero attached hydrogens (tertiary/aromatic N) is 2. The first-order valence-electron chi connectivity index (χ1n) is 8.58. The summed E-state index contributed by atoms with van der Waals surface area (Å²) >= 11 is 0. The summed E-state index contributed by atoms with van der Waals surface area (Å²) in [5.41, 5.74) is 8.72. The minimum Gasteiger partial charge on any atom is -0.388 e. The van der Waals surface area contributed by atoms with Crippen LogP contribution in [0.1, 0.15) is 29.8 Å². The lowest BCUT2D eigenvalue weighted by atomic mass is 9.99. The van der Waals surface area contributed by atoms with Gasteiger partial charge in [-0.25, -0.2) is 9.97 Å². The minimum absolute atomic E-state index is 0.980. The average molecular weight is 318 g/mol. The van der Waals surface area contributed by atoms with Crippen molar-refractivity contribution in [2.75, 3.05) is 17.7 Å². The maximum atomic E-state index is 4.97. The van der Waals surface area contributed by atoms with Crippen LogP contribution >= 0.6 is 0 Å². The molecule has 0 radical (unpaired) electrons. The number of anilines is 3. The van der Waals surface area contributed by atoms with Crippen molar-refractivity contribution in [1.29, 1.82) is 0 Å². The molecule has 0 bridgehead atoms. The SMILES string of the molecule is CNc1ccc(Nc2ccc(C)c3nc4c(nc23)CCCC4)cc1. The third-order valence-corrected chi connectivity index (χ3v) is 4.71. The Morgan fingerprint density at radius 3 is 2.08 bits per heavy atom. The topological polar surface area (TPSA) is 49.8 Å². The van der Waals surface area contributed by atoms with Crippen molar-refractivity contribution in [2.45, 2.75) is 32.6 Å². The fourth-order valence-electron chi connectivity index (χ4n) is 3.30. The van der Waals surface area contributed by atoms with E-state index in [-0.39, 0.29) is 0 Å². The summed E-state index contributed by atoms with van der Waals surface area (Å²) in [6, 6.07) is 12.5. The third-order valence-electron chi connectivity index (χ3n) is 4.71. The van der Waals surface area contributed by atoms with Crippen molar-refractivity contribution in [3.05, 3.63) is 53.3 Å². The second-order valence-electron chi connectivity index (χ2n) is 6.40. The number of fused-ring (bicyclic) bond motifs is 2. The molecule has 4 heteroatoms.